The summed E-state index contributed by atoms with van der Waals surface area (Å²) in [5.41, 5.74) is 0. The van der Waals surface area contributed by atoms with E-state index in [9.17, 15) is 0 Å². The molecule has 2 heterocycles. The molecule has 0 atom stereocenters. The third-order valence-electron chi connectivity index (χ3n) is 8.38. The van der Waals surface area contributed by atoms with E-state index in [0.717, 1.165) is 0 Å². The molecule has 0 aromatic carbocycles. The molecule has 6 heteroatoms. The van der Waals surface area contributed by atoms with Gasteiger partial charge >= 0.3 is 247 Å². The molecule has 0 saturated heterocycles. The molecule has 36 heavy (non-hydrogen) atoms. The van der Waals surface area contributed by atoms with Gasteiger partial charge in [-0.25, -0.2) is 0 Å². The fraction of sp³-hybridized carbons (Fsp3) is 0.733. The van der Waals surface area contributed by atoms with E-state index in [-0.39, 0.29) is 0 Å². The summed E-state index contributed by atoms with van der Waals surface area (Å²) in [6.45, 7) is 9.79. The van der Waals surface area contributed by atoms with Crippen LogP contribution in [-0.2, 0) is 0 Å². The minimum absolute atomic E-state index is 1.36. The van der Waals surface area contributed by atoms with Crippen LogP contribution in [0.15, 0.2) is 24.3 Å². The number of rotatable bonds is 17. The third-order valence-corrected chi connectivity index (χ3v) is 52.2. The summed E-state index contributed by atoms with van der Waals surface area (Å²) in [5.74, 6) is 0. The summed E-state index contributed by atoms with van der Waals surface area (Å²) in [6, 6.07) is 17.0. The Labute approximate surface area is 244 Å². The quantitative estimate of drug-likeness (QED) is 0.141. The average molecular weight is 777 g/mol. The molecule has 2 aromatic rings. The molecule has 0 nitrogen and oxygen atoms in total. The first-order valence-corrected chi connectivity index (χ1v) is 42.6. The molecule has 0 aliphatic heterocycles. The van der Waals surface area contributed by atoms with Gasteiger partial charge in [-0.1, -0.05) is 0 Å². The topological polar surface area (TPSA) is 0 Å². The maximum absolute atomic E-state index is 2.73. The maximum atomic E-state index is 2.73. The molecule has 0 amide bonds. The fourth-order valence-corrected chi connectivity index (χ4v) is 48.0. The number of thiophene rings is 2. The number of unbranched alkanes of at least 4 members (excludes halogenated alkanes) is 4. The molecule has 206 valence electrons. The van der Waals surface area contributed by atoms with Crippen molar-refractivity contribution in [3.63, 3.8) is 0 Å². The zero-order chi connectivity index (χ0) is 27.0. The first-order valence-electron chi connectivity index (χ1n) is 15.1. The zero-order valence-corrected chi connectivity index (χ0v) is 35.0. The Kier molecular flexibility index (Phi) is 13.9. The summed E-state index contributed by atoms with van der Waals surface area (Å²) in [5, 5.41) is 0. The molecule has 0 aliphatic rings. The van der Waals surface area contributed by atoms with Gasteiger partial charge in [-0.3, -0.25) is 0 Å². The first kappa shape index (κ1) is 33.6. The fourth-order valence-electron chi connectivity index (χ4n) is 6.08. The predicted octanol–water partition coefficient (Wildman–Crippen LogP) is 9.19. The van der Waals surface area contributed by atoms with Crippen LogP contribution in [0.3, 0.4) is 0 Å². The van der Waals surface area contributed by atoms with Crippen molar-refractivity contribution in [2.45, 2.75) is 133 Å². The van der Waals surface area contributed by atoms with E-state index >= 15 is 0 Å². The summed E-state index contributed by atoms with van der Waals surface area (Å²) >= 11 is 0.529. The van der Waals surface area contributed by atoms with Crippen LogP contribution in [-0.4, -0.2) is 51.9 Å². The summed E-state index contributed by atoms with van der Waals surface area (Å²) in [4.78, 5) is 15.8. The summed E-state index contributed by atoms with van der Waals surface area (Å²) in [7, 11) is -3.38. The molecule has 0 unspecified atom stereocenters. The van der Waals surface area contributed by atoms with E-state index in [4.69, 9.17) is 0 Å². The van der Waals surface area contributed by atoms with Gasteiger partial charge in [0, 0.05) is 0 Å². The molecule has 0 N–H and O–H groups in total. The second kappa shape index (κ2) is 14.9. The van der Waals surface area contributed by atoms with Crippen molar-refractivity contribution in [2.24, 2.45) is 0 Å². The Morgan fingerprint density at radius 3 is 0.972 bits per heavy atom. The van der Waals surface area contributed by atoms with Gasteiger partial charge in [0.25, 0.3) is 0 Å². The molecule has 0 spiro atoms. The van der Waals surface area contributed by atoms with Crippen LogP contribution in [0.25, 0.3) is 0 Å². The van der Waals surface area contributed by atoms with Crippen LogP contribution >= 0.6 is 22.7 Å². The third kappa shape index (κ3) is 8.01. The average Bonchev–Trinajstić information content (AvgIpc) is 3.51. The van der Waals surface area contributed by atoms with Crippen LogP contribution in [0.1, 0.15) is 79.1 Å². The summed E-state index contributed by atoms with van der Waals surface area (Å²) < 4.78 is 7.57. The van der Waals surface area contributed by atoms with E-state index in [0.29, 0.717) is 0 Å². The molecule has 2 rings (SSSR count). The number of hydrogen-bond acceptors (Lipinski definition) is 2. The molecular weight excluding hydrogens is 718 g/mol. The Morgan fingerprint density at radius 1 is 0.500 bits per heavy atom. The standard InChI is InChI=1S/C24H40S2Si2.6CH3.2Sn/c1-5-9-19-27(20-10-6-2,23-15-13-17-25-23)28(21-11-7-3,22-12-8-4)24-16-14-18-26-24;;;;;;;;/h13-16H,5-12,19-22H2,1-4H3;6*1H3;;. The Hall–Kier alpha value is 1.43. The molecule has 0 bridgehead atoms. The Balaban J connectivity index is 2.92. The van der Waals surface area contributed by atoms with Crippen LogP contribution < -0.4 is 14.8 Å². The van der Waals surface area contributed by atoms with Crippen molar-refractivity contribution in [3.8, 4) is 0 Å². The van der Waals surface area contributed by atoms with Crippen molar-refractivity contribution in [3.05, 3.63) is 24.3 Å². The molecule has 0 fully saturated rings. The van der Waals surface area contributed by atoms with Crippen molar-refractivity contribution in [1.82, 2.24) is 0 Å². The van der Waals surface area contributed by atoms with Gasteiger partial charge in [0.1, 0.15) is 0 Å². The normalized spacial score (nSPS) is 13.5. The molecule has 2 aromatic heterocycles. The second-order valence-electron chi connectivity index (χ2n) is 13.4. The Morgan fingerprint density at radius 2 is 0.778 bits per heavy atom. The van der Waals surface area contributed by atoms with E-state index < -0.39 is 51.9 Å². The van der Waals surface area contributed by atoms with Crippen LogP contribution in [0, 0.1) is 0 Å². The van der Waals surface area contributed by atoms with Crippen LogP contribution in [0.4, 0.5) is 0 Å². The van der Waals surface area contributed by atoms with Crippen molar-refractivity contribution < 1.29 is 0 Å². The van der Waals surface area contributed by atoms with E-state index in [1.807, 2.05) is 14.8 Å². The Bertz CT molecular complexity index is 814. The molecule has 0 aliphatic carbocycles. The van der Waals surface area contributed by atoms with Crippen molar-refractivity contribution in [2.75, 3.05) is 0 Å². The van der Waals surface area contributed by atoms with E-state index in [1.165, 1.54) is 51.4 Å². The van der Waals surface area contributed by atoms with Gasteiger partial charge in [-0.05, 0) is 0 Å². The van der Waals surface area contributed by atoms with Gasteiger partial charge in [0.2, 0.25) is 0 Å². The van der Waals surface area contributed by atoms with Gasteiger partial charge in [0.15, 0.2) is 0 Å². The van der Waals surface area contributed by atoms with E-state index in [1.54, 1.807) is 24.2 Å². The number of hydrogen-bond donors (Lipinski definition) is 0. The van der Waals surface area contributed by atoms with E-state index in [2.05, 4.69) is 104 Å². The van der Waals surface area contributed by atoms with Gasteiger partial charge < -0.3 is 0 Å². The van der Waals surface area contributed by atoms with Crippen molar-refractivity contribution in [1.29, 1.82) is 0 Å². The zero-order valence-electron chi connectivity index (χ0n) is 25.6. The van der Waals surface area contributed by atoms with Crippen LogP contribution in [0.2, 0.25) is 53.8 Å². The van der Waals surface area contributed by atoms with Crippen molar-refractivity contribution >= 4 is 89.4 Å². The second-order valence-corrected chi connectivity index (χ2v) is 60.3. The van der Waals surface area contributed by atoms with Gasteiger partial charge in [-0.2, -0.15) is 0 Å². The van der Waals surface area contributed by atoms with Gasteiger partial charge in [0.05, 0.1) is 0 Å². The summed E-state index contributed by atoms with van der Waals surface area (Å²) in [6.07, 6.45) is 11.2. The molecule has 0 saturated carbocycles. The monoisotopic (exact) mass is 778 g/mol. The SMILES string of the molecule is CCCC[Si](CCCC)(c1cc[c]([Sn]([CH3])([CH3])[CH3])s1)[Si](CCCC)(CCCC)c1cc[c]([Sn]([CH3])([CH3])[CH3])s1. The van der Waals surface area contributed by atoms with Crippen LogP contribution in [0.5, 0.6) is 0 Å². The predicted molar refractivity (Wildman–Crippen MR) is 184 cm³/mol. The molecule has 0 radical (unpaired) electrons. The minimum atomic E-state index is -2.09. The van der Waals surface area contributed by atoms with Gasteiger partial charge in [-0.15, -0.1) is 0 Å². The first-order chi connectivity index (χ1) is 16.9. The molecular formula is C30H58S2Si2Sn2.